The van der Waals surface area contributed by atoms with E-state index in [9.17, 15) is 4.79 Å². The third-order valence-electron chi connectivity index (χ3n) is 1.66. The van der Waals surface area contributed by atoms with Crippen LogP contribution in [0, 0.1) is 0 Å². The lowest BCUT2D eigenvalue weighted by Crippen LogP contribution is -2.29. The van der Waals surface area contributed by atoms with Crippen molar-refractivity contribution < 1.29 is 9.53 Å². The number of ether oxygens (including phenoxy) is 1. The van der Waals surface area contributed by atoms with Crippen molar-refractivity contribution in [2.75, 3.05) is 13.6 Å². The summed E-state index contributed by atoms with van der Waals surface area (Å²) >= 11 is 0. The van der Waals surface area contributed by atoms with Crippen molar-refractivity contribution in [2.45, 2.75) is 0 Å². The van der Waals surface area contributed by atoms with Crippen molar-refractivity contribution >= 4 is 6.09 Å². The molecule has 0 spiro atoms. The van der Waals surface area contributed by atoms with E-state index in [2.05, 4.69) is 6.58 Å². The van der Waals surface area contributed by atoms with Gasteiger partial charge in [-0.1, -0.05) is 24.3 Å². The van der Waals surface area contributed by atoms with E-state index >= 15 is 0 Å². The summed E-state index contributed by atoms with van der Waals surface area (Å²) in [6.45, 7) is 4.02. The van der Waals surface area contributed by atoms with Crippen LogP contribution in [0.15, 0.2) is 43.0 Å². The van der Waals surface area contributed by atoms with Gasteiger partial charge in [-0.15, -0.1) is 6.58 Å². The van der Waals surface area contributed by atoms with Crippen molar-refractivity contribution in [1.82, 2.24) is 4.90 Å². The molecule has 3 nitrogen and oxygen atoms in total. The van der Waals surface area contributed by atoms with Gasteiger partial charge in [-0.3, -0.25) is 0 Å². The summed E-state index contributed by atoms with van der Waals surface area (Å²) in [7, 11) is 1.66. The third kappa shape index (κ3) is 2.94. The van der Waals surface area contributed by atoms with E-state index in [0.29, 0.717) is 12.3 Å². The predicted molar refractivity (Wildman–Crippen MR) is 55.3 cm³/mol. The van der Waals surface area contributed by atoms with Gasteiger partial charge in [-0.05, 0) is 12.1 Å². The van der Waals surface area contributed by atoms with Crippen LogP contribution < -0.4 is 4.74 Å². The maximum Gasteiger partial charge on any atom is 0.415 e. The van der Waals surface area contributed by atoms with Crippen LogP contribution in [-0.2, 0) is 0 Å². The smallest absolute Gasteiger partial charge is 0.410 e. The molecule has 1 amide bonds. The van der Waals surface area contributed by atoms with Gasteiger partial charge < -0.3 is 9.64 Å². The van der Waals surface area contributed by atoms with Crippen molar-refractivity contribution in [3.63, 3.8) is 0 Å². The molecule has 1 aromatic rings. The Labute approximate surface area is 83.6 Å². The number of likely N-dealkylation sites (N-methyl/N-ethyl adjacent to an activating group) is 1. The fourth-order valence-corrected chi connectivity index (χ4v) is 0.935. The van der Waals surface area contributed by atoms with Gasteiger partial charge in [0, 0.05) is 13.6 Å². The molecule has 0 saturated carbocycles. The van der Waals surface area contributed by atoms with E-state index in [1.807, 2.05) is 18.2 Å². The van der Waals surface area contributed by atoms with Gasteiger partial charge >= 0.3 is 6.09 Å². The highest BCUT2D eigenvalue weighted by atomic mass is 16.6. The zero-order chi connectivity index (χ0) is 10.4. The number of hydrogen-bond donors (Lipinski definition) is 0. The fraction of sp³-hybridized carbons (Fsp3) is 0.182. The van der Waals surface area contributed by atoms with E-state index in [-0.39, 0.29) is 6.09 Å². The Bertz CT molecular complexity index is 308. The number of benzene rings is 1. The molecule has 0 radical (unpaired) electrons. The summed E-state index contributed by atoms with van der Waals surface area (Å²) in [5.74, 6) is 0.549. The summed E-state index contributed by atoms with van der Waals surface area (Å²) in [6.07, 6.45) is 1.27. The number of amides is 1. The van der Waals surface area contributed by atoms with E-state index in [0.717, 1.165) is 0 Å². The van der Waals surface area contributed by atoms with Crippen LogP contribution in [0.3, 0.4) is 0 Å². The number of para-hydroxylation sites is 1. The minimum absolute atomic E-state index is 0.379. The molecule has 0 aliphatic carbocycles. The Kier molecular flexibility index (Phi) is 3.73. The molecule has 14 heavy (non-hydrogen) atoms. The third-order valence-corrected chi connectivity index (χ3v) is 1.66. The summed E-state index contributed by atoms with van der Waals surface area (Å²) in [4.78, 5) is 12.8. The largest absolute Gasteiger partial charge is 0.415 e. The molecule has 74 valence electrons. The van der Waals surface area contributed by atoms with E-state index in [4.69, 9.17) is 4.74 Å². The second-order valence-electron chi connectivity index (χ2n) is 2.85. The van der Waals surface area contributed by atoms with E-state index in [1.54, 1.807) is 25.3 Å². The number of hydrogen-bond acceptors (Lipinski definition) is 2. The Morgan fingerprint density at radius 2 is 2.14 bits per heavy atom. The molecule has 0 aromatic heterocycles. The molecule has 1 rings (SSSR count). The van der Waals surface area contributed by atoms with Gasteiger partial charge in [0.25, 0.3) is 0 Å². The zero-order valence-corrected chi connectivity index (χ0v) is 8.14. The topological polar surface area (TPSA) is 29.5 Å². The first kappa shape index (κ1) is 10.3. The molecule has 1 aromatic carbocycles. The normalized spacial score (nSPS) is 9.21. The molecule has 0 fully saturated rings. The molecule has 3 heteroatoms. The van der Waals surface area contributed by atoms with Crippen LogP contribution >= 0.6 is 0 Å². The first-order valence-corrected chi connectivity index (χ1v) is 4.33. The van der Waals surface area contributed by atoms with Gasteiger partial charge in [-0.25, -0.2) is 4.79 Å². The standard InChI is InChI=1S/C11H13NO2/c1-3-9-12(2)11(13)14-10-7-5-4-6-8-10/h3-8H,1,9H2,2H3. The Morgan fingerprint density at radius 3 is 2.71 bits per heavy atom. The lowest BCUT2D eigenvalue weighted by molar-refractivity contribution is 0.167. The molecule has 0 aliphatic heterocycles. The Hall–Kier alpha value is -1.77. The second kappa shape index (κ2) is 5.07. The number of carbonyl (C=O) groups is 1. The average molecular weight is 191 g/mol. The quantitative estimate of drug-likeness (QED) is 0.686. The molecular formula is C11H13NO2. The minimum atomic E-state index is -0.379. The number of carbonyl (C=O) groups excluding carboxylic acids is 1. The SMILES string of the molecule is C=CCN(C)C(=O)Oc1ccccc1. The van der Waals surface area contributed by atoms with Crippen LogP contribution in [0.5, 0.6) is 5.75 Å². The molecule has 0 heterocycles. The van der Waals surface area contributed by atoms with Crippen molar-refractivity contribution in [3.05, 3.63) is 43.0 Å². The minimum Gasteiger partial charge on any atom is -0.410 e. The molecule has 0 N–H and O–H groups in total. The highest BCUT2D eigenvalue weighted by molar-refractivity contribution is 5.70. The van der Waals surface area contributed by atoms with Crippen LogP contribution in [0.4, 0.5) is 4.79 Å². The van der Waals surface area contributed by atoms with Gasteiger partial charge in [0.1, 0.15) is 5.75 Å². The predicted octanol–water partition coefficient (Wildman–Crippen LogP) is 2.30. The maximum absolute atomic E-state index is 11.4. The van der Waals surface area contributed by atoms with Crippen LogP contribution in [-0.4, -0.2) is 24.6 Å². The highest BCUT2D eigenvalue weighted by Gasteiger charge is 2.08. The second-order valence-corrected chi connectivity index (χ2v) is 2.85. The average Bonchev–Trinajstić information content (AvgIpc) is 2.19. The molecule has 0 saturated heterocycles. The molecule has 0 bridgehead atoms. The van der Waals surface area contributed by atoms with Crippen LogP contribution in [0.1, 0.15) is 0 Å². The fourth-order valence-electron chi connectivity index (χ4n) is 0.935. The summed E-state index contributed by atoms with van der Waals surface area (Å²) in [5, 5.41) is 0. The number of nitrogens with zero attached hydrogens (tertiary/aromatic N) is 1. The lowest BCUT2D eigenvalue weighted by Gasteiger charge is -2.14. The van der Waals surface area contributed by atoms with Gasteiger partial charge in [0.2, 0.25) is 0 Å². The molecular weight excluding hydrogens is 178 g/mol. The van der Waals surface area contributed by atoms with Gasteiger partial charge in [-0.2, -0.15) is 0 Å². The van der Waals surface area contributed by atoms with Crippen LogP contribution in [0.2, 0.25) is 0 Å². The lowest BCUT2D eigenvalue weighted by atomic mass is 10.3. The van der Waals surface area contributed by atoms with Crippen molar-refractivity contribution in [1.29, 1.82) is 0 Å². The van der Waals surface area contributed by atoms with E-state index < -0.39 is 0 Å². The van der Waals surface area contributed by atoms with Crippen molar-refractivity contribution in [2.24, 2.45) is 0 Å². The number of rotatable bonds is 3. The Morgan fingerprint density at radius 1 is 1.50 bits per heavy atom. The van der Waals surface area contributed by atoms with Crippen LogP contribution in [0.25, 0.3) is 0 Å². The summed E-state index contributed by atoms with van der Waals surface area (Å²) < 4.78 is 5.07. The van der Waals surface area contributed by atoms with Crippen molar-refractivity contribution in [3.8, 4) is 5.75 Å². The Balaban J connectivity index is 2.53. The van der Waals surface area contributed by atoms with E-state index in [1.165, 1.54) is 4.90 Å². The first-order chi connectivity index (χ1) is 6.74. The zero-order valence-electron chi connectivity index (χ0n) is 8.14. The molecule has 0 unspecified atom stereocenters. The molecule has 0 atom stereocenters. The maximum atomic E-state index is 11.4. The summed E-state index contributed by atoms with van der Waals surface area (Å²) in [6, 6.07) is 8.97. The van der Waals surface area contributed by atoms with Gasteiger partial charge in [0.05, 0.1) is 0 Å². The monoisotopic (exact) mass is 191 g/mol. The van der Waals surface area contributed by atoms with Gasteiger partial charge in [0.15, 0.2) is 0 Å². The summed E-state index contributed by atoms with van der Waals surface area (Å²) in [5.41, 5.74) is 0. The highest BCUT2D eigenvalue weighted by Crippen LogP contribution is 2.09. The first-order valence-electron chi connectivity index (χ1n) is 4.33. The molecule has 0 aliphatic rings.